The van der Waals surface area contributed by atoms with Crippen molar-refractivity contribution in [1.29, 1.82) is 0 Å². The van der Waals surface area contributed by atoms with E-state index in [0.717, 1.165) is 0 Å². The van der Waals surface area contributed by atoms with Crippen LogP contribution in [0.3, 0.4) is 0 Å². The van der Waals surface area contributed by atoms with E-state index in [4.69, 9.17) is 33.8 Å². The molecule has 0 aliphatic rings. The molecule has 0 saturated heterocycles. The molecule has 218 valence electrons. The zero-order valence-electron chi connectivity index (χ0n) is 21.4. The van der Waals surface area contributed by atoms with E-state index in [0.29, 0.717) is 12.1 Å². The van der Waals surface area contributed by atoms with Crippen molar-refractivity contribution in [1.82, 2.24) is 25.9 Å². The third kappa shape index (κ3) is 13.1. The Morgan fingerprint density at radius 1 is 0.872 bits per heavy atom. The third-order valence-corrected chi connectivity index (χ3v) is 5.29. The summed E-state index contributed by atoms with van der Waals surface area (Å²) >= 11 is 0. The summed E-state index contributed by atoms with van der Waals surface area (Å²) in [7, 11) is 0. The predicted octanol–water partition coefficient (Wildman–Crippen LogP) is -5.08. The van der Waals surface area contributed by atoms with E-state index in [1.54, 1.807) is 0 Å². The number of carboxylic acids is 1. The number of aliphatic hydroxyl groups excluding tert-OH is 1. The first-order valence-corrected chi connectivity index (χ1v) is 12.0. The normalized spacial score (nSPS) is 13.7. The van der Waals surface area contributed by atoms with Crippen molar-refractivity contribution in [3.05, 3.63) is 18.2 Å². The topological polar surface area (TPSA) is 328 Å². The fraction of sp³-hybridized carbons (Fsp3) is 0.571. The Kier molecular flexibility index (Phi) is 14.3. The first-order valence-electron chi connectivity index (χ1n) is 12.0. The van der Waals surface area contributed by atoms with Crippen molar-refractivity contribution in [2.24, 2.45) is 38.7 Å². The van der Waals surface area contributed by atoms with Gasteiger partial charge in [-0.05, 0) is 25.7 Å². The molecular formula is C21H38N12O6. The summed E-state index contributed by atoms with van der Waals surface area (Å²) in [4.78, 5) is 64.4. The fourth-order valence-electron chi connectivity index (χ4n) is 3.26. The van der Waals surface area contributed by atoms with E-state index < -0.39 is 54.5 Å². The van der Waals surface area contributed by atoms with E-state index in [9.17, 15) is 24.3 Å². The average molecular weight is 555 g/mol. The van der Waals surface area contributed by atoms with Crippen LogP contribution in [0.25, 0.3) is 0 Å². The minimum absolute atomic E-state index is 0.0150. The van der Waals surface area contributed by atoms with Gasteiger partial charge in [0.2, 0.25) is 17.7 Å². The van der Waals surface area contributed by atoms with Gasteiger partial charge < -0.3 is 59.8 Å². The second kappa shape index (κ2) is 17.1. The van der Waals surface area contributed by atoms with Crippen LogP contribution in [0.2, 0.25) is 0 Å². The van der Waals surface area contributed by atoms with Crippen molar-refractivity contribution < 1.29 is 29.4 Å². The predicted molar refractivity (Wildman–Crippen MR) is 141 cm³/mol. The largest absolute Gasteiger partial charge is 0.480 e. The number of aliphatic carboxylic acids is 1. The molecule has 0 aliphatic carbocycles. The average Bonchev–Trinajstić information content (AvgIpc) is 3.38. The highest BCUT2D eigenvalue weighted by Crippen LogP contribution is 2.05. The summed E-state index contributed by atoms with van der Waals surface area (Å²) in [6.07, 6.45) is 3.73. The highest BCUT2D eigenvalue weighted by molar-refractivity contribution is 5.94. The van der Waals surface area contributed by atoms with E-state index in [2.05, 4.69) is 35.9 Å². The van der Waals surface area contributed by atoms with Gasteiger partial charge in [0, 0.05) is 31.4 Å². The van der Waals surface area contributed by atoms with E-state index >= 15 is 0 Å². The van der Waals surface area contributed by atoms with Gasteiger partial charge in [0.25, 0.3) is 0 Å². The Morgan fingerprint density at radius 3 is 1.92 bits per heavy atom. The quantitative estimate of drug-likeness (QED) is 0.0461. The van der Waals surface area contributed by atoms with Gasteiger partial charge in [0.1, 0.15) is 18.1 Å². The number of imidazole rings is 1. The van der Waals surface area contributed by atoms with Gasteiger partial charge in [-0.2, -0.15) is 0 Å². The van der Waals surface area contributed by atoms with Crippen LogP contribution in [0.4, 0.5) is 0 Å². The second-order valence-corrected chi connectivity index (χ2v) is 8.49. The number of nitrogens with two attached hydrogens (primary N) is 5. The lowest BCUT2D eigenvalue weighted by Gasteiger charge is -2.25. The lowest BCUT2D eigenvalue weighted by atomic mass is 10.1. The first kappa shape index (κ1) is 32.6. The van der Waals surface area contributed by atoms with Gasteiger partial charge in [0.05, 0.1) is 19.0 Å². The van der Waals surface area contributed by atoms with Gasteiger partial charge in [-0.15, -0.1) is 0 Å². The molecule has 18 heteroatoms. The minimum atomic E-state index is -1.59. The molecule has 16 N–H and O–H groups in total. The highest BCUT2D eigenvalue weighted by Gasteiger charge is 2.30. The summed E-state index contributed by atoms with van der Waals surface area (Å²) in [5.74, 6) is -3.95. The maximum atomic E-state index is 13.2. The molecule has 1 aromatic rings. The molecule has 0 fully saturated rings. The number of aromatic amines is 1. The number of carboxylic acid groups (broad SMARTS) is 1. The maximum Gasteiger partial charge on any atom is 0.328 e. The molecule has 18 nitrogen and oxygen atoms in total. The zero-order chi connectivity index (χ0) is 29.4. The number of hydrogen-bond donors (Lipinski definition) is 11. The van der Waals surface area contributed by atoms with Crippen molar-refractivity contribution in [3.8, 4) is 0 Å². The molecule has 39 heavy (non-hydrogen) atoms. The molecule has 4 atom stereocenters. The van der Waals surface area contributed by atoms with Crippen LogP contribution in [0, 0.1) is 0 Å². The van der Waals surface area contributed by atoms with E-state index in [-0.39, 0.29) is 50.7 Å². The molecule has 0 aromatic carbocycles. The number of aromatic nitrogens is 2. The van der Waals surface area contributed by atoms with Crippen molar-refractivity contribution >= 4 is 35.6 Å². The number of rotatable bonds is 18. The summed E-state index contributed by atoms with van der Waals surface area (Å²) in [5.41, 5.74) is 27.6. The molecule has 0 aliphatic heterocycles. The number of H-pyrrole nitrogens is 1. The number of aliphatic imine (C=N–C) groups is 2. The molecule has 1 aromatic heterocycles. The minimum Gasteiger partial charge on any atom is -0.480 e. The van der Waals surface area contributed by atoms with Crippen LogP contribution >= 0.6 is 0 Å². The Bertz CT molecular complexity index is 992. The number of nitrogens with one attached hydrogen (secondary N) is 4. The second-order valence-electron chi connectivity index (χ2n) is 8.49. The van der Waals surface area contributed by atoms with Crippen molar-refractivity contribution in [2.45, 2.75) is 56.3 Å². The van der Waals surface area contributed by atoms with Crippen LogP contribution in [-0.4, -0.2) is 99.7 Å². The molecule has 0 spiro atoms. The Balaban J connectivity index is 3.01. The molecule has 1 heterocycles. The summed E-state index contributed by atoms with van der Waals surface area (Å²) in [5, 5.41) is 25.7. The number of guanidine groups is 2. The molecule has 0 bridgehead atoms. The van der Waals surface area contributed by atoms with E-state index in [1.807, 2.05) is 0 Å². The Morgan fingerprint density at radius 2 is 1.41 bits per heavy atom. The van der Waals surface area contributed by atoms with Gasteiger partial charge in [-0.25, -0.2) is 9.78 Å². The van der Waals surface area contributed by atoms with Crippen LogP contribution < -0.4 is 44.6 Å². The first-order chi connectivity index (χ1) is 18.4. The number of carbonyl (C=O) groups is 4. The highest BCUT2D eigenvalue weighted by atomic mass is 16.4. The van der Waals surface area contributed by atoms with E-state index in [1.165, 1.54) is 12.5 Å². The monoisotopic (exact) mass is 554 g/mol. The Labute approximate surface area is 224 Å². The zero-order valence-corrected chi connectivity index (χ0v) is 21.4. The summed E-state index contributed by atoms with van der Waals surface area (Å²) in [6.45, 7) is -0.466. The van der Waals surface area contributed by atoms with Crippen LogP contribution in [0.5, 0.6) is 0 Å². The number of hydrogen-bond acceptors (Lipinski definition) is 9. The maximum absolute atomic E-state index is 13.2. The van der Waals surface area contributed by atoms with Crippen LogP contribution in [0.15, 0.2) is 22.5 Å². The van der Waals surface area contributed by atoms with Gasteiger partial charge in [-0.1, -0.05) is 0 Å². The molecule has 0 radical (unpaired) electrons. The number of aliphatic hydroxyl groups is 1. The van der Waals surface area contributed by atoms with Gasteiger partial charge in [-0.3, -0.25) is 24.4 Å². The molecule has 3 amide bonds. The van der Waals surface area contributed by atoms with Crippen LogP contribution in [0.1, 0.15) is 31.4 Å². The number of carbonyl (C=O) groups excluding carboxylic acids is 3. The van der Waals surface area contributed by atoms with Crippen LogP contribution in [-0.2, 0) is 25.6 Å². The SMILES string of the molecule is NC(N)=NCCCC(N)C(=O)NC(Cc1cnc[nH]1)C(=O)NC(CCCN=C(N)N)C(=O)NC(CO)C(=O)O. The third-order valence-electron chi connectivity index (χ3n) is 5.29. The molecule has 1 rings (SSSR count). The number of amides is 3. The summed E-state index contributed by atoms with van der Waals surface area (Å²) in [6, 6.07) is -4.99. The van der Waals surface area contributed by atoms with Crippen molar-refractivity contribution in [3.63, 3.8) is 0 Å². The molecule has 0 saturated carbocycles. The van der Waals surface area contributed by atoms with Crippen molar-refractivity contribution in [2.75, 3.05) is 19.7 Å². The molecule has 4 unspecified atom stereocenters. The fourth-order valence-corrected chi connectivity index (χ4v) is 3.26. The van der Waals surface area contributed by atoms with Gasteiger partial charge in [0.15, 0.2) is 11.9 Å². The lowest BCUT2D eigenvalue weighted by molar-refractivity contribution is -0.143. The number of nitrogens with zero attached hydrogens (tertiary/aromatic N) is 3. The molecular weight excluding hydrogens is 516 g/mol. The lowest BCUT2D eigenvalue weighted by Crippen LogP contribution is -2.58. The Hall–Kier alpha value is -4.45. The standard InChI is InChI=1S/C21H38N12O6/c22-12(3-1-5-28-20(23)24)16(35)32-14(7-11-8-27-10-30-11)18(37)31-13(4-2-6-29-21(25)26)17(36)33-15(9-34)19(38)39/h8,10,12-15,34H,1-7,9,22H2,(H,27,30)(H,31,37)(H,32,35)(H,33,36)(H,38,39)(H4,23,24,28)(H4,25,26,29). The summed E-state index contributed by atoms with van der Waals surface area (Å²) < 4.78 is 0. The smallest absolute Gasteiger partial charge is 0.328 e. The van der Waals surface area contributed by atoms with Gasteiger partial charge >= 0.3 is 5.97 Å².